The van der Waals surface area contributed by atoms with Gasteiger partial charge in [-0.1, -0.05) is 18.2 Å². The first-order chi connectivity index (χ1) is 18.7. The predicted octanol–water partition coefficient (Wildman–Crippen LogP) is 3.65. The van der Waals surface area contributed by atoms with Crippen molar-refractivity contribution in [1.82, 2.24) is 24.5 Å². The van der Waals surface area contributed by atoms with E-state index < -0.39 is 0 Å². The van der Waals surface area contributed by atoms with E-state index in [1.165, 1.54) is 6.07 Å². The number of carbonyl (C=O) groups is 2. The van der Waals surface area contributed by atoms with Gasteiger partial charge in [0, 0.05) is 32.7 Å². The smallest absolute Gasteiger partial charge is 0.154 e. The first kappa shape index (κ1) is 26.9. The molecule has 0 bridgehead atoms. The Morgan fingerprint density at radius 1 is 0.895 bits per heavy atom. The maximum absolute atomic E-state index is 13.9. The van der Waals surface area contributed by atoms with Crippen molar-refractivity contribution in [3.63, 3.8) is 0 Å². The Hall–Kier alpha value is -4.18. The number of benzene rings is 1. The van der Waals surface area contributed by atoms with Crippen LogP contribution in [0.25, 0.3) is 17.0 Å². The van der Waals surface area contributed by atoms with Crippen LogP contribution < -0.4 is 9.80 Å². The lowest BCUT2D eigenvalue weighted by atomic mass is 10.0. The number of halogens is 1. The summed E-state index contributed by atoms with van der Waals surface area (Å²) in [4.78, 5) is 32.5. The molecule has 0 saturated carbocycles. The van der Waals surface area contributed by atoms with Crippen molar-refractivity contribution in [2.45, 2.75) is 18.9 Å². The highest BCUT2D eigenvalue weighted by Gasteiger charge is 2.28. The van der Waals surface area contributed by atoms with Crippen LogP contribution in [-0.2, 0) is 9.59 Å². The molecule has 10 heteroatoms. The molecular weight excluding hydrogens is 485 g/mol. The van der Waals surface area contributed by atoms with E-state index in [2.05, 4.69) is 38.9 Å². The van der Waals surface area contributed by atoms with Crippen molar-refractivity contribution in [3.05, 3.63) is 72.2 Å². The van der Waals surface area contributed by atoms with Crippen molar-refractivity contribution in [1.29, 1.82) is 0 Å². The average molecular weight is 518 g/mol. The number of nitrogens with zero attached hydrogens (tertiary/aromatic N) is 7. The molecule has 6 rings (SSSR count). The topological polar surface area (TPSA) is 86.9 Å². The van der Waals surface area contributed by atoms with Crippen molar-refractivity contribution < 1.29 is 14.0 Å². The zero-order chi connectivity index (χ0) is 27.1. The maximum atomic E-state index is 13.9. The number of imidazole rings is 1. The van der Waals surface area contributed by atoms with Gasteiger partial charge in [0.25, 0.3) is 0 Å². The number of rotatable bonds is 4. The molecule has 1 unspecified atom stereocenters. The fraction of sp³-hybridized carbons (Fsp3) is 0.321. The molecule has 2 aliphatic rings. The van der Waals surface area contributed by atoms with Crippen LogP contribution in [0.2, 0.25) is 0 Å². The molecule has 3 aromatic heterocycles. The number of fused-ring (bicyclic) bond motifs is 1. The summed E-state index contributed by atoms with van der Waals surface area (Å²) < 4.78 is 15.8. The Morgan fingerprint density at radius 3 is 2.42 bits per heavy atom. The van der Waals surface area contributed by atoms with E-state index in [0.29, 0.717) is 0 Å². The van der Waals surface area contributed by atoms with Crippen molar-refractivity contribution in [2.24, 2.45) is 0 Å². The second-order valence-electron chi connectivity index (χ2n) is 9.18. The molecule has 5 heterocycles. The molecule has 198 valence electrons. The van der Waals surface area contributed by atoms with Gasteiger partial charge in [-0.2, -0.15) is 0 Å². The summed E-state index contributed by atoms with van der Waals surface area (Å²) in [5, 5.41) is 4.97. The first-order valence-electron chi connectivity index (χ1n) is 12.5. The molecule has 4 aromatic rings. The highest BCUT2D eigenvalue weighted by molar-refractivity contribution is 5.62. The van der Waals surface area contributed by atoms with Gasteiger partial charge in [0.1, 0.15) is 36.7 Å². The van der Waals surface area contributed by atoms with Gasteiger partial charge >= 0.3 is 0 Å². The van der Waals surface area contributed by atoms with Crippen LogP contribution in [-0.4, -0.2) is 77.8 Å². The van der Waals surface area contributed by atoms with Crippen LogP contribution in [0.5, 0.6) is 0 Å². The van der Waals surface area contributed by atoms with Crippen LogP contribution in [0.1, 0.15) is 24.4 Å². The van der Waals surface area contributed by atoms with E-state index >= 15 is 0 Å². The molecule has 38 heavy (non-hydrogen) atoms. The third kappa shape index (κ3) is 5.55. The van der Waals surface area contributed by atoms with Gasteiger partial charge in [-0.15, -0.1) is 5.10 Å². The molecule has 0 spiro atoms. The van der Waals surface area contributed by atoms with Crippen LogP contribution in [0, 0.1) is 5.82 Å². The zero-order valence-electron chi connectivity index (χ0n) is 21.5. The van der Waals surface area contributed by atoms with Gasteiger partial charge in [0.05, 0.1) is 17.9 Å². The lowest BCUT2D eigenvalue weighted by molar-refractivity contribution is -0.0987. The van der Waals surface area contributed by atoms with Crippen LogP contribution in [0.15, 0.2) is 60.8 Å². The second kappa shape index (κ2) is 12.4. The number of piperazine rings is 1. The third-order valence-electron chi connectivity index (χ3n) is 6.95. The van der Waals surface area contributed by atoms with E-state index in [-0.39, 0.29) is 11.9 Å². The molecule has 0 amide bonds. The predicted molar refractivity (Wildman–Crippen MR) is 146 cm³/mol. The minimum absolute atomic E-state index is 0.117. The highest BCUT2D eigenvalue weighted by atomic mass is 19.1. The molecule has 1 aromatic carbocycles. The Morgan fingerprint density at radius 2 is 1.66 bits per heavy atom. The summed E-state index contributed by atoms with van der Waals surface area (Å²) in [6.45, 7) is 8.90. The van der Waals surface area contributed by atoms with Gasteiger partial charge in [-0.05, 0) is 61.9 Å². The molecule has 0 radical (unpaired) electrons. The number of aromatic nitrogens is 4. The van der Waals surface area contributed by atoms with Crippen LogP contribution in [0.3, 0.4) is 0 Å². The number of carbonyl (C=O) groups excluding carboxylic acids is 2. The molecular formula is C28H32FN7O2. The maximum Gasteiger partial charge on any atom is 0.154 e. The number of hydrogen-bond acceptors (Lipinski definition) is 8. The Bertz CT molecular complexity index is 1350. The van der Waals surface area contributed by atoms with Gasteiger partial charge in [0.2, 0.25) is 0 Å². The molecule has 0 N–H and O–H groups in total. The van der Waals surface area contributed by atoms with E-state index in [1.54, 1.807) is 12.1 Å². The molecule has 2 fully saturated rings. The summed E-state index contributed by atoms with van der Waals surface area (Å²) in [6, 6.07) is 17.2. The standard InChI is InChI=1S/C26H28FN7.2CH2O/c1-31-13-15-32(16-14-31)25-9-3-7-21(29-25)23-18-28-24-10-11-26(30-34(23)24)33-12-4-8-22(33)19-5-2-6-20(27)17-19;2*1-2/h2-3,5-7,9-11,17-18,22H,4,8,12-16H2,1H3;2*1H2. The van der Waals surface area contributed by atoms with Crippen molar-refractivity contribution in [3.8, 4) is 11.4 Å². The SMILES string of the molecule is C=O.C=O.CN1CCN(c2cccc(-c3cnc4ccc(N5CCCC5c5cccc(F)c5)nn34)n2)CC1. The number of hydrogen-bond donors (Lipinski definition) is 0. The van der Waals surface area contributed by atoms with Gasteiger partial charge in [-0.25, -0.2) is 18.9 Å². The van der Waals surface area contributed by atoms with Gasteiger partial charge in [-0.3, -0.25) is 0 Å². The molecule has 1 atom stereocenters. The minimum Gasteiger partial charge on any atom is -0.354 e. The lowest BCUT2D eigenvalue weighted by Gasteiger charge is -2.33. The Balaban J connectivity index is 0.000000804. The summed E-state index contributed by atoms with van der Waals surface area (Å²) in [7, 11) is 2.15. The van der Waals surface area contributed by atoms with E-state index in [0.717, 1.165) is 79.8 Å². The van der Waals surface area contributed by atoms with Crippen molar-refractivity contribution in [2.75, 3.05) is 49.6 Å². The second-order valence-corrected chi connectivity index (χ2v) is 9.18. The summed E-state index contributed by atoms with van der Waals surface area (Å²) in [5.41, 5.74) is 3.50. The normalized spacial score (nSPS) is 17.5. The lowest BCUT2D eigenvalue weighted by Crippen LogP contribution is -2.44. The largest absolute Gasteiger partial charge is 0.354 e. The van der Waals surface area contributed by atoms with Crippen molar-refractivity contribution >= 4 is 30.9 Å². The van der Waals surface area contributed by atoms with E-state index in [9.17, 15) is 4.39 Å². The Labute approximate surface area is 221 Å². The summed E-state index contributed by atoms with van der Waals surface area (Å²) in [6.07, 6.45) is 3.87. The van der Waals surface area contributed by atoms with Gasteiger partial charge < -0.3 is 24.3 Å². The quantitative estimate of drug-likeness (QED) is 0.406. The number of pyridine rings is 1. The Kier molecular flexibility index (Phi) is 8.75. The molecule has 0 aliphatic carbocycles. The monoisotopic (exact) mass is 517 g/mol. The fourth-order valence-electron chi connectivity index (χ4n) is 5.07. The van der Waals surface area contributed by atoms with Gasteiger partial charge in [0.15, 0.2) is 5.65 Å². The average Bonchev–Trinajstić information content (AvgIpc) is 3.63. The number of likely N-dealkylation sites (N-methyl/N-ethyl adjacent to an activating group) is 1. The highest BCUT2D eigenvalue weighted by Crippen LogP contribution is 2.35. The molecule has 2 saturated heterocycles. The number of anilines is 2. The molecule has 9 nitrogen and oxygen atoms in total. The van der Waals surface area contributed by atoms with Crippen LogP contribution in [0.4, 0.5) is 16.0 Å². The third-order valence-corrected chi connectivity index (χ3v) is 6.95. The van der Waals surface area contributed by atoms with Crippen LogP contribution >= 0.6 is 0 Å². The van der Waals surface area contributed by atoms with E-state index in [1.807, 2.05) is 48.6 Å². The first-order valence-corrected chi connectivity index (χ1v) is 12.5. The summed E-state index contributed by atoms with van der Waals surface area (Å²) >= 11 is 0. The zero-order valence-corrected chi connectivity index (χ0v) is 21.5. The molecule has 2 aliphatic heterocycles. The van der Waals surface area contributed by atoms with E-state index in [4.69, 9.17) is 19.7 Å². The summed E-state index contributed by atoms with van der Waals surface area (Å²) in [5.74, 6) is 1.66. The minimum atomic E-state index is -0.198. The fourth-order valence-corrected chi connectivity index (χ4v) is 5.07.